The lowest BCUT2D eigenvalue weighted by atomic mass is 9.94. The fraction of sp³-hybridized carbons (Fsp3) is 0.333. The Morgan fingerprint density at radius 2 is 1.95 bits per heavy atom. The number of likely N-dealkylation sites (N-methyl/N-ethyl adjacent to an activating group) is 1. The molecule has 21 heavy (non-hydrogen) atoms. The Morgan fingerprint density at radius 1 is 1.14 bits per heavy atom. The highest BCUT2D eigenvalue weighted by molar-refractivity contribution is 7.99. The van der Waals surface area contributed by atoms with E-state index in [1.54, 1.807) is 0 Å². The van der Waals surface area contributed by atoms with Crippen molar-refractivity contribution in [1.29, 1.82) is 0 Å². The molecule has 1 aliphatic rings. The molecule has 1 N–H and O–H groups in total. The van der Waals surface area contributed by atoms with E-state index in [0.29, 0.717) is 0 Å². The number of benzene rings is 2. The molecule has 3 heteroatoms. The van der Waals surface area contributed by atoms with Crippen LogP contribution < -0.4 is 10.1 Å². The van der Waals surface area contributed by atoms with E-state index >= 15 is 0 Å². The second kappa shape index (κ2) is 6.12. The Kier molecular flexibility index (Phi) is 4.22. The number of fused-ring (bicyclic) bond motifs is 1. The van der Waals surface area contributed by atoms with Crippen LogP contribution in [0.3, 0.4) is 0 Å². The number of rotatable bonds is 3. The quantitative estimate of drug-likeness (QED) is 0.921. The summed E-state index contributed by atoms with van der Waals surface area (Å²) in [6, 6.07) is 15.0. The van der Waals surface area contributed by atoms with Gasteiger partial charge in [-0.1, -0.05) is 30.3 Å². The summed E-state index contributed by atoms with van der Waals surface area (Å²) in [4.78, 5) is 1.24. The topological polar surface area (TPSA) is 21.3 Å². The second-order valence-electron chi connectivity index (χ2n) is 5.47. The van der Waals surface area contributed by atoms with Crippen LogP contribution in [-0.4, -0.2) is 18.9 Å². The van der Waals surface area contributed by atoms with Crippen LogP contribution in [0.15, 0.2) is 47.4 Å². The van der Waals surface area contributed by atoms with Crippen LogP contribution in [0.5, 0.6) is 5.75 Å². The van der Waals surface area contributed by atoms with Crippen molar-refractivity contribution in [2.45, 2.75) is 30.9 Å². The molecular formula is C18H21NOS. The number of hydrogen-bond acceptors (Lipinski definition) is 3. The number of para-hydroxylation sites is 1. The lowest BCUT2D eigenvalue weighted by molar-refractivity contribution is 0.170. The maximum absolute atomic E-state index is 6.25. The normalized spacial score (nSPS) is 18.7. The molecule has 2 aromatic rings. The van der Waals surface area contributed by atoms with Gasteiger partial charge in [0.1, 0.15) is 11.9 Å². The molecular weight excluding hydrogens is 278 g/mol. The van der Waals surface area contributed by atoms with Crippen molar-refractivity contribution in [3.05, 3.63) is 59.2 Å². The predicted octanol–water partition coefficient (Wildman–Crippen LogP) is 4.12. The van der Waals surface area contributed by atoms with E-state index in [9.17, 15) is 0 Å². The molecule has 0 radical (unpaired) electrons. The third-order valence-corrected chi connectivity index (χ3v) is 5.34. The van der Waals surface area contributed by atoms with Gasteiger partial charge >= 0.3 is 0 Å². The summed E-state index contributed by atoms with van der Waals surface area (Å²) in [5.74, 6) is 1.97. The minimum absolute atomic E-state index is 0.149. The summed E-state index contributed by atoms with van der Waals surface area (Å²) in [5.41, 5.74) is 4.02. The first-order chi connectivity index (χ1) is 10.2. The van der Waals surface area contributed by atoms with E-state index in [2.05, 4.69) is 55.6 Å². The summed E-state index contributed by atoms with van der Waals surface area (Å²) < 4.78 is 6.25. The van der Waals surface area contributed by atoms with Crippen LogP contribution >= 0.6 is 11.8 Å². The minimum atomic E-state index is 0.149. The fourth-order valence-corrected chi connectivity index (χ4v) is 3.89. The standard InChI is InChI=1S/C18H21NOS/c1-12-7-6-8-14(13(12)2)18(19-3)16-11-21-17-10-5-4-9-15(17)20-16/h4-10,16,18-19H,11H2,1-3H3. The van der Waals surface area contributed by atoms with Gasteiger partial charge in [0.25, 0.3) is 0 Å². The van der Waals surface area contributed by atoms with Gasteiger partial charge in [-0.05, 0) is 49.7 Å². The smallest absolute Gasteiger partial charge is 0.133 e. The highest BCUT2D eigenvalue weighted by Gasteiger charge is 2.29. The van der Waals surface area contributed by atoms with Gasteiger partial charge in [-0.25, -0.2) is 0 Å². The zero-order chi connectivity index (χ0) is 14.8. The third-order valence-electron chi connectivity index (χ3n) is 4.19. The van der Waals surface area contributed by atoms with E-state index in [1.807, 2.05) is 24.9 Å². The van der Waals surface area contributed by atoms with Gasteiger partial charge in [-0.15, -0.1) is 11.8 Å². The van der Waals surface area contributed by atoms with Crippen molar-refractivity contribution in [2.75, 3.05) is 12.8 Å². The van der Waals surface area contributed by atoms with Crippen LogP contribution in [-0.2, 0) is 0 Å². The van der Waals surface area contributed by atoms with Crippen LogP contribution in [0, 0.1) is 13.8 Å². The first-order valence-electron chi connectivity index (χ1n) is 7.32. The molecule has 0 amide bonds. The highest BCUT2D eigenvalue weighted by atomic mass is 32.2. The Hall–Kier alpha value is -1.45. The molecule has 0 saturated carbocycles. The zero-order valence-corrected chi connectivity index (χ0v) is 13.5. The molecule has 1 heterocycles. The Labute approximate surface area is 130 Å². The monoisotopic (exact) mass is 299 g/mol. The van der Waals surface area contributed by atoms with E-state index in [1.165, 1.54) is 21.6 Å². The van der Waals surface area contributed by atoms with Crippen molar-refractivity contribution in [1.82, 2.24) is 5.32 Å². The van der Waals surface area contributed by atoms with Gasteiger partial charge in [0, 0.05) is 10.6 Å². The summed E-state index contributed by atoms with van der Waals surface area (Å²) in [6.45, 7) is 4.36. The molecule has 2 atom stereocenters. The summed E-state index contributed by atoms with van der Waals surface area (Å²) in [6.07, 6.45) is 0.149. The summed E-state index contributed by atoms with van der Waals surface area (Å²) in [7, 11) is 2.01. The average Bonchev–Trinajstić information content (AvgIpc) is 2.52. The number of nitrogens with one attached hydrogen (secondary N) is 1. The lowest BCUT2D eigenvalue weighted by Gasteiger charge is -2.33. The molecule has 0 aliphatic carbocycles. The number of ether oxygens (including phenoxy) is 1. The molecule has 2 nitrogen and oxygen atoms in total. The van der Waals surface area contributed by atoms with Crippen molar-refractivity contribution >= 4 is 11.8 Å². The van der Waals surface area contributed by atoms with E-state index in [4.69, 9.17) is 4.74 Å². The number of aryl methyl sites for hydroxylation is 1. The second-order valence-corrected chi connectivity index (χ2v) is 6.53. The molecule has 3 rings (SSSR count). The first kappa shape index (κ1) is 14.5. The van der Waals surface area contributed by atoms with Crippen molar-refractivity contribution in [3.63, 3.8) is 0 Å². The van der Waals surface area contributed by atoms with E-state index in [0.717, 1.165) is 11.5 Å². The van der Waals surface area contributed by atoms with Crippen LogP contribution in [0.4, 0.5) is 0 Å². The van der Waals surface area contributed by atoms with Crippen LogP contribution in [0.2, 0.25) is 0 Å². The van der Waals surface area contributed by atoms with E-state index in [-0.39, 0.29) is 12.1 Å². The highest BCUT2D eigenvalue weighted by Crippen LogP contribution is 2.38. The molecule has 0 bridgehead atoms. The van der Waals surface area contributed by atoms with Crippen molar-refractivity contribution in [3.8, 4) is 5.75 Å². The van der Waals surface area contributed by atoms with Gasteiger partial charge < -0.3 is 10.1 Å². The Bertz CT molecular complexity index is 641. The minimum Gasteiger partial charge on any atom is -0.486 e. The van der Waals surface area contributed by atoms with Crippen LogP contribution in [0.25, 0.3) is 0 Å². The number of thioether (sulfide) groups is 1. The Balaban J connectivity index is 1.90. The number of hydrogen-bond donors (Lipinski definition) is 1. The first-order valence-corrected chi connectivity index (χ1v) is 8.31. The van der Waals surface area contributed by atoms with Crippen molar-refractivity contribution < 1.29 is 4.74 Å². The zero-order valence-electron chi connectivity index (χ0n) is 12.7. The molecule has 1 aliphatic heterocycles. The predicted molar refractivity (Wildman–Crippen MR) is 89.3 cm³/mol. The summed E-state index contributed by atoms with van der Waals surface area (Å²) >= 11 is 1.88. The van der Waals surface area contributed by atoms with Crippen molar-refractivity contribution in [2.24, 2.45) is 0 Å². The van der Waals surface area contributed by atoms with Gasteiger partial charge in [0.05, 0.1) is 6.04 Å². The maximum atomic E-state index is 6.25. The fourth-order valence-electron chi connectivity index (χ4n) is 2.85. The Morgan fingerprint density at radius 3 is 2.76 bits per heavy atom. The molecule has 0 spiro atoms. The molecule has 2 unspecified atom stereocenters. The lowest BCUT2D eigenvalue weighted by Crippen LogP contribution is -2.37. The third kappa shape index (κ3) is 2.81. The van der Waals surface area contributed by atoms with Gasteiger partial charge in [-0.3, -0.25) is 0 Å². The molecule has 2 aromatic carbocycles. The molecule has 0 aromatic heterocycles. The average molecular weight is 299 g/mol. The SMILES string of the molecule is CNC(c1cccc(C)c1C)C1CSc2ccccc2O1. The maximum Gasteiger partial charge on any atom is 0.133 e. The molecule has 110 valence electrons. The van der Waals surface area contributed by atoms with Gasteiger partial charge in [0.15, 0.2) is 0 Å². The molecule has 0 fully saturated rings. The molecule has 0 saturated heterocycles. The summed E-state index contributed by atoms with van der Waals surface area (Å²) in [5, 5.41) is 3.45. The van der Waals surface area contributed by atoms with Gasteiger partial charge in [0.2, 0.25) is 0 Å². The largest absolute Gasteiger partial charge is 0.486 e. The van der Waals surface area contributed by atoms with Crippen LogP contribution in [0.1, 0.15) is 22.7 Å². The van der Waals surface area contributed by atoms with E-state index < -0.39 is 0 Å². The van der Waals surface area contributed by atoms with Gasteiger partial charge in [-0.2, -0.15) is 0 Å².